The fraction of sp³-hybridized carbons (Fsp3) is 0.857. The van der Waals surface area contributed by atoms with E-state index in [0.29, 0.717) is 19.6 Å². The molecule has 0 spiro atoms. The van der Waals surface area contributed by atoms with E-state index < -0.39 is 23.0 Å². The minimum Gasteiger partial charge on any atom is -0.480 e. The molecule has 19 heavy (non-hydrogen) atoms. The van der Waals surface area contributed by atoms with Crippen LogP contribution in [-0.2, 0) is 19.1 Å². The van der Waals surface area contributed by atoms with Crippen molar-refractivity contribution in [2.45, 2.75) is 52.6 Å². The van der Waals surface area contributed by atoms with Crippen LogP contribution >= 0.6 is 0 Å². The van der Waals surface area contributed by atoms with Gasteiger partial charge in [-0.25, -0.2) is 0 Å². The molecule has 110 valence electrons. The fourth-order valence-corrected chi connectivity index (χ4v) is 1.97. The molecule has 1 N–H and O–H groups in total. The molecule has 0 aromatic carbocycles. The molecule has 5 heteroatoms. The Bertz CT molecular complexity index is 344. The number of aliphatic carboxylic acids is 1. The lowest BCUT2D eigenvalue weighted by Gasteiger charge is -2.22. The first-order valence-electron chi connectivity index (χ1n) is 6.78. The molecule has 0 amide bonds. The molecule has 0 radical (unpaired) electrons. The largest absolute Gasteiger partial charge is 0.480 e. The molecule has 5 nitrogen and oxygen atoms in total. The summed E-state index contributed by atoms with van der Waals surface area (Å²) in [6.07, 6.45) is 2.28. The normalized spacial score (nSPS) is 26.0. The third kappa shape index (κ3) is 3.93. The van der Waals surface area contributed by atoms with Crippen molar-refractivity contribution in [1.82, 2.24) is 0 Å². The van der Waals surface area contributed by atoms with Gasteiger partial charge in [0.15, 0.2) is 5.41 Å². The number of esters is 1. The number of rotatable bonds is 7. The summed E-state index contributed by atoms with van der Waals surface area (Å²) in [5.74, 6) is -2.01. The maximum absolute atomic E-state index is 12.0. The van der Waals surface area contributed by atoms with Crippen LogP contribution in [0.15, 0.2) is 0 Å². The topological polar surface area (TPSA) is 72.8 Å². The lowest BCUT2D eigenvalue weighted by atomic mass is 10.0. The minimum atomic E-state index is -1.39. The molecule has 0 unspecified atom stereocenters. The summed E-state index contributed by atoms with van der Waals surface area (Å²) in [6.45, 7) is 8.17. The molecule has 0 heterocycles. The third-order valence-corrected chi connectivity index (χ3v) is 3.21. The van der Waals surface area contributed by atoms with Crippen molar-refractivity contribution >= 4 is 11.9 Å². The smallest absolute Gasteiger partial charge is 0.324 e. The van der Waals surface area contributed by atoms with Crippen molar-refractivity contribution in [2.24, 2.45) is 11.3 Å². The Morgan fingerprint density at radius 2 is 2.00 bits per heavy atom. The summed E-state index contributed by atoms with van der Waals surface area (Å²) in [6, 6.07) is 0. The number of carboxylic acids is 1. The Kier molecular flexibility index (Phi) is 4.96. The predicted molar refractivity (Wildman–Crippen MR) is 69.7 cm³/mol. The van der Waals surface area contributed by atoms with Gasteiger partial charge in [0.05, 0.1) is 6.61 Å². The van der Waals surface area contributed by atoms with E-state index in [2.05, 4.69) is 6.92 Å². The second-order valence-electron chi connectivity index (χ2n) is 6.11. The molecular formula is C14H24O5. The molecule has 1 rings (SSSR count). The Labute approximate surface area is 114 Å². The molecule has 0 aliphatic heterocycles. The molecule has 0 saturated heterocycles. The van der Waals surface area contributed by atoms with Gasteiger partial charge in [0.25, 0.3) is 0 Å². The molecule has 0 aromatic heterocycles. The zero-order valence-corrected chi connectivity index (χ0v) is 12.2. The van der Waals surface area contributed by atoms with Gasteiger partial charge in [-0.3, -0.25) is 9.59 Å². The highest BCUT2D eigenvalue weighted by atomic mass is 16.6. The standard InChI is InChI=1S/C14H24O5/c1-5-6-7-18-9-10-8-14(10,11(15)16)12(17)19-13(2,3)4/h10H,5-9H2,1-4H3,(H,15,16)/t10-,14-/m0/s1. The lowest BCUT2D eigenvalue weighted by Crippen LogP contribution is -2.36. The van der Waals surface area contributed by atoms with E-state index in [0.717, 1.165) is 12.8 Å². The van der Waals surface area contributed by atoms with Crippen LogP contribution in [0.1, 0.15) is 47.0 Å². The first-order valence-corrected chi connectivity index (χ1v) is 6.78. The first-order chi connectivity index (χ1) is 8.74. The second kappa shape index (κ2) is 5.90. The Balaban J connectivity index is 2.55. The highest BCUT2D eigenvalue weighted by Gasteiger charge is 2.68. The second-order valence-corrected chi connectivity index (χ2v) is 6.11. The van der Waals surface area contributed by atoms with Crippen molar-refractivity contribution in [2.75, 3.05) is 13.2 Å². The first kappa shape index (κ1) is 16.0. The van der Waals surface area contributed by atoms with Gasteiger partial charge in [0.1, 0.15) is 5.60 Å². The van der Waals surface area contributed by atoms with Crippen molar-refractivity contribution < 1.29 is 24.2 Å². The zero-order chi connectivity index (χ0) is 14.7. The summed E-state index contributed by atoms with van der Waals surface area (Å²) in [5, 5.41) is 9.29. The van der Waals surface area contributed by atoms with Crippen LogP contribution in [0.2, 0.25) is 0 Å². The minimum absolute atomic E-state index is 0.267. The van der Waals surface area contributed by atoms with E-state index in [4.69, 9.17) is 9.47 Å². The molecule has 2 atom stereocenters. The van der Waals surface area contributed by atoms with E-state index in [-0.39, 0.29) is 5.92 Å². The monoisotopic (exact) mass is 272 g/mol. The van der Waals surface area contributed by atoms with Gasteiger partial charge in [-0.15, -0.1) is 0 Å². The van der Waals surface area contributed by atoms with Gasteiger partial charge in [-0.2, -0.15) is 0 Å². The van der Waals surface area contributed by atoms with Gasteiger partial charge in [-0.05, 0) is 33.6 Å². The molecule has 1 fully saturated rings. The highest BCUT2D eigenvalue weighted by molar-refractivity contribution is 6.03. The van der Waals surface area contributed by atoms with Crippen molar-refractivity contribution in [3.8, 4) is 0 Å². The zero-order valence-electron chi connectivity index (χ0n) is 12.2. The van der Waals surface area contributed by atoms with Crippen LogP contribution in [0.5, 0.6) is 0 Å². The lowest BCUT2D eigenvalue weighted by molar-refractivity contribution is -0.170. The molecule has 1 aliphatic rings. The maximum atomic E-state index is 12.0. The van der Waals surface area contributed by atoms with Gasteiger partial charge < -0.3 is 14.6 Å². The van der Waals surface area contributed by atoms with Crippen LogP contribution in [0.3, 0.4) is 0 Å². The van der Waals surface area contributed by atoms with Crippen molar-refractivity contribution in [3.63, 3.8) is 0 Å². The fourth-order valence-electron chi connectivity index (χ4n) is 1.97. The van der Waals surface area contributed by atoms with Crippen molar-refractivity contribution in [3.05, 3.63) is 0 Å². The summed E-state index contributed by atoms with van der Waals surface area (Å²) >= 11 is 0. The van der Waals surface area contributed by atoms with Crippen LogP contribution in [0.4, 0.5) is 0 Å². The van der Waals surface area contributed by atoms with E-state index in [1.165, 1.54) is 0 Å². The van der Waals surface area contributed by atoms with Crippen LogP contribution in [0.25, 0.3) is 0 Å². The van der Waals surface area contributed by atoms with Gasteiger partial charge in [0, 0.05) is 12.5 Å². The Morgan fingerprint density at radius 1 is 1.37 bits per heavy atom. The molecule has 0 bridgehead atoms. The third-order valence-electron chi connectivity index (χ3n) is 3.21. The highest BCUT2D eigenvalue weighted by Crippen LogP contribution is 2.54. The van der Waals surface area contributed by atoms with Crippen LogP contribution in [-0.4, -0.2) is 35.9 Å². The maximum Gasteiger partial charge on any atom is 0.324 e. The number of ether oxygens (including phenoxy) is 2. The summed E-state index contributed by atoms with van der Waals surface area (Å²) < 4.78 is 10.6. The Morgan fingerprint density at radius 3 is 2.47 bits per heavy atom. The van der Waals surface area contributed by atoms with Crippen LogP contribution in [0, 0.1) is 11.3 Å². The van der Waals surface area contributed by atoms with E-state index >= 15 is 0 Å². The predicted octanol–water partition coefficient (Wildman–Crippen LogP) is 2.24. The molecule has 1 saturated carbocycles. The van der Waals surface area contributed by atoms with Crippen molar-refractivity contribution in [1.29, 1.82) is 0 Å². The number of carboxylic acid groups (broad SMARTS) is 1. The van der Waals surface area contributed by atoms with E-state index in [1.807, 2.05) is 0 Å². The van der Waals surface area contributed by atoms with E-state index in [9.17, 15) is 14.7 Å². The van der Waals surface area contributed by atoms with E-state index in [1.54, 1.807) is 20.8 Å². The van der Waals surface area contributed by atoms with Gasteiger partial charge in [0.2, 0.25) is 0 Å². The SMILES string of the molecule is CCCCOC[C@@H]1C[C@]1(C(=O)O)C(=O)OC(C)(C)C. The van der Waals surface area contributed by atoms with Crippen LogP contribution < -0.4 is 0 Å². The number of hydrogen-bond donors (Lipinski definition) is 1. The number of carbonyl (C=O) groups is 2. The molecule has 1 aliphatic carbocycles. The quantitative estimate of drug-likeness (QED) is 0.437. The molecule has 0 aromatic rings. The number of hydrogen-bond acceptors (Lipinski definition) is 4. The van der Waals surface area contributed by atoms with Gasteiger partial charge in [-0.1, -0.05) is 13.3 Å². The summed E-state index contributed by atoms with van der Waals surface area (Å²) in [5.41, 5.74) is -2.06. The summed E-state index contributed by atoms with van der Waals surface area (Å²) in [4.78, 5) is 23.4. The number of unbranched alkanes of at least 4 members (excludes halogenated alkanes) is 1. The summed E-state index contributed by atoms with van der Waals surface area (Å²) in [7, 11) is 0. The Hall–Kier alpha value is -1.10. The molecular weight excluding hydrogens is 248 g/mol. The van der Waals surface area contributed by atoms with Gasteiger partial charge >= 0.3 is 11.9 Å². The average molecular weight is 272 g/mol. The average Bonchev–Trinajstić information content (AvgIpc) is 2.98. The number of carbonyl (C=O) groups excluding carboxylic acids is 1.